The Morgan fingerprint density at radius 1 is 0.579 bits per heavy atom. The molecule has 0 saturated heterocycles. The van der Waals surface area contributed by atoms with Gasteiger partial charge in [-0.2, -0.15) is 0 Å². The summed E-state index contributed by atoms with van der Waals surface area (Å²) in [4.78, 5) is 33.2. The number of Topliss-reactive ketones (excluding diaryl/α,β-unsaturated/α-hetero) is 2. The van der Waals surface area contributed by atoms with Crippen molar-refractivity contribution >= 4 is 18.0 Å². The van der Waals surface area contributed by atoms with Gasteiger partial charge in [0.15, 0.2) is 11.6 Å². The minimum atomic E-state index is -1.08. The third kappa shape index (κ3) is 9.93. The minimum Gasteiger partial charge on any atom is -0.465 e. The lowest BCUT2D eigenvalue weighted by Gasteiger charge is -2.09. The van der Waals surface area contributed by atoms with E-state index in [0.717, 1.165) is 0 Å². The molecule has 0 heterocycles. The molecule has 0 aromatic heterocycles. The Bertz CT molecular complexity index is 1130. The zero-order valence-electron chi connectivity index (χ0n) is 21.4. The molecule has 2 unspecified atom stereocenters. The Morgan fingerprint density at radius 2 is 0.868 bits per heavy atom. The van der Waals surface area contributed by atoms with E-state index in [9.17, 15) is 24.6 Å². The molecule has 4 aromatic rings. The summed E-state index contributed by atoms with van der Waals surface area (Å²) in [7, 11) is 0. The van der Waals surface area contributed by atoms with Crippen LogP contribution in [0, 0.1) is 0 Å². The zero-order chi connectivity index (χ0) is 27.8. The number of ether oxygens (including phenoxy) is 1. The summed E-state index contributed by atoms with van der Waals surface area (Å²) in [6.07, 6.45) is -2.13. The first-order valence-corrected chi connectivity index (χ1v) is 12.1. The van der Waals surface area contributed by atoms with Gasteiger partial charge in [0.25, 0.3) is 6.47 Å². The van der Waals surface area contributed by atoms with Crippen molar-refractivity contribution in [1.82, 2.24) is 0 Å². The van der Waals surface area contributed by atoms with Crippen LogP contribution in [0.3, 0.4) is 0 Å². The van der Waals surface area contributed by atoms with Crippen LogP contribution >= 0.6 is 0 Å². The van der Waals surface area contributed by atoms with Crippen LogP contribution in [0.25, 0.3) is 0 Å². The molecule has 0 aliphatic carbocycles. The number of hydrogen-bond donors (Lipinski definition) is 2. The van der Waals surface area contributed by atoms with Crippen LogP contribution in [0.2, 0.25) is 0 Å². The molecule has 196 valence electrons. The number of hydrogen-bond acceptors (Lipinski definition) is 6. The van der Waals surface area contributed by atoms with Gasteiger partial charge in [0, 0.05) is 11.1 Å². The molecular weight excluding hydrogens is 480 g/mol. The first-order valence-electron chi connectivity index (χ1n) is 12.1. The summed E-state index contributed by atoms with van der Waals surface area (Å²) in [6.45, 7) is 4.05. The van der Waals surface area contributed by atoms with Crippen molar-refractivity contribution in [2.24, 2.45) is 0 Å². The minimum absolute atomic E-state index is 0.0301. The summed E-state index contributed by atoms with van der Waals surface area (Å²) < 4.78 is 4.36. The van der Waals surface area contributed by atoms with E-state index in [1.54, 1.807) is 111 Å². The summed E-state index contributed by atoms with van der Waals surface area (Å²) >= 11 is 0. The van der Waals surface area contributed by atoms with Gasteiger partial charge < -0.3 is 14.9 Å². The van der Waals surface area contributed by atoms with E-state index in [0.29, 0.717) is 28.7 Å². The maximum Gasteiger partial charge on any atom is 0.293 e. The number of aliphatic hydroxyl groups is 2. The lowest BCUT2D eigenvalue weighted by molar-refractivity contribution is -0.131. The van der Waals surface area contributed by atoms with Crippen LogP contribution < -0.4 is 0 Å². The summed E-state index contributed by atoms with van der Waals surface area (Å²) in [5.41, 5.74) is 2.30. The van der Waals surface area contributed by atoms with E-state index >= 15 is 0 Å². The highest BCUT2D eigenvalue weighted by Gasteiger charge is 2.19. The molecule has 0 fully saturated rings. The summed E-state index contributed by atoms with van der Waals surface area (Å²) in [5.74, 6) is -0.543. The normalized spacial score (nSPS) is 11.5. The number of carbonyl (C=O) groups is 3. The number of carbonyl (C=O) groups excluding carboxylic acids is 3. The van der Waals surface area contributed by atoms with Crippen molar-refractivity contribution in [3.63, 3.8) is 0 Å². The average Bonchev–Trinajstić information content (AvgIpc) is 2.98. The Balaban J connectivity index is 0.000000221. The summed E-state index contributed by atoms with van der Waals surface area (Å²) in [6, 6.07) is 35.5. The molecule has 0 bridgehead atoms. The van der Waals surface area contributed by atoms with Gasteiger partial charge in [-0.1, -0.05) is 121 Å². The second-order valence-electron chi connectivity index (χ2n) is 8.37. The highest BCUT2D eigenvalue weighted by atomic mass is 16.5. The van der Waals surface area contributed by atoms with Crippen LogP contribution in [0.15, 0.2) is 121 Å². The van der Waals surface area contributed by atoms with Gasteiger partial charge in [-0.25, -0.2) is 0 Å². The van der Waals surface area contributed by atoms with E-state index in [4.69, 9.17) is 0 Å². The Kier molecular flexibility index (Phi) is 12.9. The zero-order valence-corrected chi connectivity index (χ0v) is 21.4. The molecule has 4 aromatic carbocycles. The van der Waals surface area contributed by atoms with Crippen molar-refractivity contribution in [3.8, 4) is 0 Å². The quantitative estimate of drug-likeness (QED) is 0.229. The Hall–Kier alpha value is -4.39. The van der Waals surface area contributed by atoms with Crippen molar-refractivity contribution < 1.29 is 29.3 Å². The molecule has 6 heteroatoms. The predicted molar refractivity (Wildman–Crippen MR) is 147 cm³/mol. The second kappa shape index (κ2) is 16.4. The molecule has 0 saturated carbocycles. The molecule has 38 heavy (non-hydrogen) atoms. The number of benzene rings is 4. The van der Waals surface area contributed by atoms with Gasteiger partial charge in [-0.15, -0.1) is 0 Å². The molecule has 6 nitrogen and oxygen atoms in total. The van der Waals surface area contributed by atoms with E-state index in [1.165, 1.54) is 0 Å². The molecule has 0 spiro atoms. The number of aliphatic hydroxyl groups excluding tert-OH is 2. The van der Waals surface area contributed by atoms with Crippen LogP contribution in [-0.2, 0) is 9.53 Å². The molecule has 0 aliphatic rings. The second-order valence-corrected chi connectivity index (χ2v) is 8.37. The highest BCUT2D eigenvalue weighted by Crippen LogP contribution is 2.18. The van der Waals surface area contributed by atoms with E-state index in [1.807, 2.05) is 24.3 Å². The van der Waals surface area contributed by atoms with Crippen LogP contribution in [0.4, 0.5) is 0 Å². The van der Waals surface area contributed by atoms with E-state index < -0.39 is 12.2 Å². The fourth-order valence-corrected chi connectivity index (χ4v) is 3.21. The van der Waals surface area contributed by atoms with Gasteiger partial charge in [0.2, 0.25) is 0 Å². The molecule has 0 aliphatic heterocycles. The third-order valence-corrected chi connectivity index (χ3v) is 5.17. The first-order chi connectivity index (χ1) is 18.3. The number of ketones is 2. The van der Waals surface area contributed by atoms with Crippen molar-refractivity contribution in [2.45, 2.75) is 32.2 Å². The fraction of sp³-hybridized carbons (Fsp3) is 0.156. The van der Waals surface area contributed by atoms with Gasteiger partial charge in [-0.3, -0.25) is 14.4 Å². The summed E-state index contributed by atoms with van der Waals surface area (Å²) in [5, 5.41) is 19.8. The fourth-order valence-electron chi connectivity index (χ4n) is 3.21. The standard InChI is InChI=1S/2C14H12O2.C4H8O2/c2*15-13(11-7-3-1-4-8-11)14(16)12-9-5-2-6-10-12;1-4(2)6-3-5/h2*1-10,13,15H;3-4H,1-2H3. The third-order valence-electron chi connectivity index (χ3n) is 5.17. The van der Waals surface area contributed by atoms with Gasteiger partial charge >= 0.3 is 0 Å². The SMILES string of the molecule is CC(C)OC=O.O=C(c1ccccc1)C(O)c1ccccc1.O=C(c1ccccc1)C(O)c1ccccc1. The van der Waals surface area contributed by atoms with Gasteiger partial charge in [0.05, 0.1) is 6.10 Å². The Labute approximate surface area is 223 Å². The smallest absolute Gasteiger partial charge is 0.293 e. The highest BCUT2D eigenvalue weighted by molar-refractivity contribution is 6.00. The molecule has 2 atom stereocenters. The Morgan fingerprint density at radius 3 is 1.11 bits per heavy atom. The van der Waals surface area contributed by atoms with Gasteiger partial charge in [-0.05, 0) is 25.0 Å². The van der Waals surface area contributed by atoms with Crippen LogP contribution in [0.1, 0.15) is 57.9 Å². The average molecular weight is 513 g/mol. The van der Waals surface area contributed by atoms with Crippen molar-refractivity contribution in [3.05, 3.63) is 144 Å². The molecular formula is C32H32O6. The lowest BCUT2D eigenvalue weighted by Crippen LogP contribution is -2.11. The molecule has 0 amide bonds. The molecule has 0 radical (unpaired) electrons. The predicted octanol–water partition coefficient (Wildman–Crippen LogP) is 5.77. The van der Waals surface area contributed by atoms with E-state index in [2.05, 4.69) is 4.74 Å². The number of rotatable bonds is 8. The van der Waals surface area contributed by atoms with Crippen LogP contribution in [0.5, 0.6) is 0 Å². The first kappa shape index (κ1) is 29.8. The maximum atomic E-state index is 11.9. The monoisotopic (exact) mass is 512 g/mol. The van der Waals surface area contributed by atoms with Crippen molar-refractivity contribution in [2.75, 3.05) is 0 Å². The lowest BCUT2D eigenvalue weighted by atomic mass is 10.0. The molecule has 2 N–H and O–H groups in total. The van der Waals surface area contributed by atoms with E-state index in [-0.39, 0.29) is 17.7 Å². The topological polar surface area (TPSA) is 101 Å². The van der Waals surface area contributed by atoms with Gasteiger partial charge in [0.1, 0.15) is 12.2 Å². The molecule has 4 rings (SSSR count). The van der Waals surface area contributed by atoms with Crippen LogP contribution in [-0.4, -0.2) is 34.4 Å². The largest absolute Gasteiger partial charge is 0.465 e. The van der Waals surface area contributed by atoms with Crippen molar-refractivity contribution in [1.29, 1.82) is 0 Å². The maximum absolute atomic E-state index is 11.9.